The Hall–Kier alpha value is -0.300. The summed E-state index contributed by atoms with van der Waals surface area (Å²) in [7, 11) is -3.87. The van der Waals surface area contributed by atoms with Gasteiger partial charge in [0.25, 0.3) is 0 Å². The SMILES string of the molecule is CC(C)CCCOc1c(Cl)cc(Br)cc1S(N)(=O)=O. The standard InChI is InChI=1S/C12H17BrClNO3S/c1-8(2)4-3-5-18-12-10(14)6-9(13)7-11(12)19(15,16)17/h6-8H,3-5H2,1-2H3,(H2,15,16,17). The highest BCUT2D eigenvalue weighted by atomic mass is 79.9. The normalized spacial score (nSPS) is 11.9. The van der Waals surface area contributed by atoms with Crippen LogP contribution in [0.2, 0.25) is 5.02 Å². The van der Waals surface area contributed by atoms with E-state index in [9.17, 15) is 8.42 Å². The Kier molecular flexibility index (Phi) is 6.11. The van der Waals surface area contributed by atoms with Crippen molar-refractivity contribution in [3.05, 3.63) is 21.6 Å². The number of rotatable bonds is 6. The molecule has 7 heteroatoms. The van der Waals surface area contributed by atoms with Crippen molar-refractivity contribution in [1.29, 1.82) is 0 Å². The molecule has 0 amide bonds. The average molecular weight is 371 g/mol. The van der Waals surface area contributed by atoms with E-state index in [0.29, 0.717) is 17.0 Å². The van der Waals surface area contributed by atoms with Crippen LogP contribution in [0.4, 0.5) is 0 Å². The first-order valence-corrected chi connectivity index (χ1v) is 8.58. The van der Waals surface area contributed by atoms with E-state index in [1.54, 1.807) is 6.07 Å². The van der Waals surface area contributed by atoms with E-state index < -0.39 is 10.0 Å². The van der Waals surface area contributed by atoms with E-state index in [0.717, 1.165) is 12.8 Å². The Balaban J connectivity index is 2.93. The van der Waals surface area contributed by atoms with Crippen LogP contribution in [0, 0.1) is 5.92 Å². The van der Waals surface area contributed by atoms with Crippen LogP contribution in [0.5, 0.6) is 5.75 Å². The van der Waals surface area contributed by atoms with E-state index in [4.69, 9.17) is 21.5 Å². The minimum atomic E-state index is -3.87. The van der Waals surface area contributed by atoms with E-state index in [1.165, 1.54) is 6.07 Å². The minimum absolute atomic E-state index is 0.101. The number of nitrogens with two attached hydrogens (primary N) is 1. The number of benzene rings is 1. The van der Waals surface area contributed by atoms with Gasteiger partial charge in [-0.3, -0.25) is 0 Å². The summed E-state index contributed by atoms with van der Waals surface area (Å²) in [6.07, 6.45) is 1.83. The molecule has 4 nitrogen and oxygen atoms in total. The van der Waals surface area contributed by atoms with Crippen molar-refractivity contribution in [1.82, 2.24) is 0 Å². The number of hydrogen-bond donors (Lipinski definition) is 1. The molecular weight excluding hydrogens is 354 g/mol. The molecule has 0 aliphatic rings. The lowest BCUT2D eigenvalue weighted by atomic mass is 10.1. The van der Waals surface area contributed by atoms with Gasteiger partial charge in [-0.2, -0.15) is 0 Å². The van der Waals surface area contributed by atoms with Gasteiger partial charge in [0.15, 0.2) is 5.75 Å². The van der Waals surface area contributed by atoms with Crippen LogP contribution in [-0.2, 0) is 10.0 Å². The number of ether oxygens (including phenoxy) is 1. The zero-order chi connectivity index (χ0) is 14.6. The Bertz CT molecular complexity index is 546. The second-order valence-corrected chi connectivity index (χ2v) is 7.50. The molecule has 1 aromatic carbocycles. The van der Waals surface area contributed by atoms with Gasteiger partial charge >= 0.3 is 0 Å². The summed E-state index contributed by atoms with van der Waals surface area (Å²) in [6, 6.07) is 2.97. The molecule has 2 N–H and O–H groups in total. The van der Waals surface area contributed by atoms with Crippen LogP contribution in [0.15, 0.2) is 21.5 Å². The van der Waals surface area contributed by atoms with Gasteiger partial charge in [0.1, 0.15) is 4.90 Å². The smallest absolute Gasteiger partial charge is 0.241 e. The Morgan fingerprint density at radius 2 is 2.05 bits per heavy atom. The third kappa shape index (κ3) is 5.30. The quantitative estimate of drug-likeness (QED) is 0.778. The predicted molar refractivity (Wildman–Crippen MR) is 80.1 cm³/mol. The highest BCUT2D eigenvalue weighted by Crippen LogP contribution is 2.35. The van der Waals surface area contributed by atoms with Crippen molar-refractivity contribution in [2.24, 2.45) is 11.1 Å². The van der Waals surface area contributed by atoms with Gasteiger partial charge in [0.2, 0.25) is 10.0 Å². The molecule has 0 aromatic heterocycles. The lowest BCUT2D eigenvalue weighted by Gasteiger charge is -2.13. The maximum Gasteiger partial charge on any atom is 0.241 e. The van der Waals surface area contributed by atoms with Crippen LogP contribution in [0.3, 0.4) is 0 Å². The fraction of sp³-hybridized carbons (Fsp3) is 0.500. The molecule has 0 heterocycles. The molecule has 1 rings (SSSR count). The number of primary sulfonamides is 1. The number of halogens is 2. The number of sulfonamides is 1. The zero-order valence-electron chi connectivity index (χ0n) is 10.8. The van der Waals surface area contributed by atoms with Gasteiger partial charge < -0.3 is 4.74 Å². The highest BCUT2D eigenvalue weighted by Gasteiger charge is 2.19. The topological polar surface area (TPSA) is 69.4 Å². The molecule has 0 saturated heterocycles. The summed E-state index contributed by atoms with van der Waals surface area (Å²) in [5.41, 5.74) is 0. The van der Waals surface area contributed by atoms with Crippen LogP contribution in [0.1, 0.15) is 26.7 Å². The maximum absolute atomic E-state index is 11.5. The molecule has 0 spiro atoms. The second-order valence-electron chi connectivity index (χ2n) is 4.64. The summed E-state index contributed by atoms with van der Waals surface area (Å²) in [5, 5.41) is 5.39. The van der Waals surface area contributed by atoms with Crippen molar-refractivity contribution in [2.75, 3.05) is 6.61 Å². The van der Waals surface area contributed by atoms with E-state index in [1.807, 2.05) is 0 Å². The van der Waals surface area contributed by atoms with Gasteiger partial charge in [-0.15, -0.1) is 0 Å². The van der Waals surface area contributed by atoms with Gasteiger partial charge in [-0.05, 0) is 30.9 Å². The van der Waals surface area contributed by atoms with Crippen LogP contribution >= 0.6 is 27.5 Å². The summed E-state index contributed by atoms with van der Waals surface area (Å²) in [5.74, 6) is 0.692. The molecule has 0 fully saturated rings. The van der Waals surface area contributed by atoms with Crippen LogP contribution in [0.25, 0.3) is 0 Å². The largest absolute Gasteiger partial charge is 0.491 e. The molecule has 0 radical (unpaired) electrons. The second kappa shape index (κ2) is 6.92. The fourth-order valence-electron chi connectivity index (χ4n) is 1.55. The van der Waals surface area contributed by atoms with E-state index >= 15 is 0 Å². The van der Waals surface area contributed by atoms with Crippen molar-refractivity contribution >= 4 is 37.6 Å². The monoisotopic (exact) mass is 369 g/mol. The molecule has 0 unspecified atom stereocenters. The lowest BCUT2D eigenvalue weighted by molar-refractivity contribution is 0.291. The van der Waals surface area contributed by atoms with Crippen LogP contribution in [-0.4, -0.2) is 15.0 Å². The summed E-state index contributed by atoms with van der Waals surface area (Å²) in [4.78, 5) is -0.101. The van der Waals surface area contributed by atoms with Crippen molar-refractivity contribution in [3.63, 3.8) is 0 Å². The predicted octanol–water partition coefficient (Wildman–Crippen LogP) is 3.56. The van der Waals surface area contributed by atoms with Gasteiger partial charge in [0.05, 0.1) is 11.6 Å². The van der Waals surface area contributed by atoms with E-state index in [2.05, 4.69) is 29.8 Å². The first-order chi connectivity index (χ1) is 8.71. The Morgan fingerprint density at radius 1 is 1.42 bits per heavy atom. The first-order valence-electron chi connectivity index (χ1n) is 5.86. The Labute approximate surface area is 127 Å². The molecular formula is C12H17BrClNO3S. The summed E-state index contributed by atoms with van der Waals surface area (Å²) < 4.78 is 29.1. The van der Waals surface area contributed by atoms with Crippen molar-refractivity contribution < 1.29 is 13.2 Å². The first kappa shape index (κ1) is 16.8. The maximum atomic E-state index is 11.5. The van der Waals surface area contributed by atoms with Gasteiger partial charge in [-0.25, -0.2) is 13.6 Å². The molecule has 0 bridgehead atoms. The van der Waals surface area contributed by atoms with Crippen molar-refractivity contribution in [3.8, 4) is 5.75 Å². The third-order valence-corrected chi connectivity index (χ3v) is 4.11. The average Bonchev–Trinajstić information content (AvgIpc) is 2.24. The van der Waals surface area contributed by atoms with Gasteiger partial charge in [0, 0.05) is 4.47 Å². The molecule has 0 aliphatic heterocycles. The Morgan fingerprint density at radius 3 is 2.58 bits per heavy atom. The molecule has 0 saturated carbocycles. The zero-order valence-corrected chi connectivity index (χ0v) is 14.0. The fourth-order valence-corrected chi connectivity index (χ4v) is 3.34. The number of hydrogen-bond acceptors (Lipinski definition) is 3. The molecule has 108 valence electrons. The van der Waals surface area contributed by atoms with Crippen LogP contribution < -0.4 is 9.88 Å². The molecule has 19 heavy (non-hydrogen) atoms. The minimum Gasteiger partial charge on any atom is -0.491 e. The molecule has 0 aliphatic carbocycles. The van der Waals surface area contributed by atoms with E-state index in [-0.39, 0.29) is 15.7 Å². The van der Waals surface area contributed by atoms with Crippen molar-refractivity contribution in [2.45, 2.75) is 31.6 Å². The summed E-state index contributed by atoms with van der Waals surface area (Å²) in [6.45, 7) is 4.63. The molecule has 1 aromatic rings. The summed E-state index contributed by atoms with van der Waals surface area (Å²) >= 11 is 9.19. The lowest BCUT2D eigenvalue weighted by Crippen LogP contribution is -2.14. The molecule has 0 atom stereocenters. The highest BCUT2D eigenvalue weighted by molar-refractivity contribution is 9.10. The van der Waals surface area contributed by atoms with Gasteiger partial charge in [-0.1, -0.05) is 41.4 Å². The third-order valence-electron chi connectivity index (χ3n) is 2.45.